The fourth-order valence-electron chi connectivity index (χ4n) is 1.84. The number of carbonyl (C=O) groups is 1. The van der Waals surface area contributed by atoms with Gasteiger partial charge in [-0.3, -0.25) is 4.79 Å². The standard InChI is InChI=1S/C15H22O2/c1-10(2)8-12-6-7-13(9-14(12)17-5)15(16)11(3)4/h6-7,9-11H,8H2,1-5H3. The van der Waals surface area contributed by atoms with Gasteiger partial charge in [-0.2, -0.15) is 0 Å². The molecule has 1 aromatic rings. The van der Waals surface area contributed by atoms with E-state index in [2.05, 4.69) is 13.8 Å². The van der Waals surface area contributed by atoms with Crippen LogP contribution in [0.15, 0.2) is 18.2 Å². The minimum absolute atomic E-state index is 0.0238. The van der Waals surface area contributed by atoms with Crippen LogP contribution in [0.5, 0.6) is 5.75 Å². The highest BCUT2D eigenvalue weighted by Gasteiger charge is 2.13. The number of rotatable bonds is 5. The van der Waals surface area contributed by atoms with E-state index in [9.17, 15) is 4.79 Å². The number of methoxy groups -OCH3 is 1. The lowest BCUT2D eigenvalue weighted by Crippen LogP contribution is -2.08. The fourth-order valence-corrected chi connectivity index (χ4v) is 1.84. The Labute approximate surface area is 104 Å². The molecule has 0 saturated heterocycles. The van der Waals surface area contributed by atoms with Crippen molar-refractivity contribution in [2.75, 3.05) is 7.11 Å². The molecule has 2 nitrogen and oxygen atoms in total. The largest absolute Gasteiger partial charge is 0.496 e. The van der Waals surface area contributed by atoms with E-state index >= 15 is 0 Å². The average Bonchev–Trinajstić information content (AvgIpc) is 2.27. The van der Waals surface area contributed by atoms with Crippen molar-refractivity contribution in [1.29, 1.82) is 0 Å². The van der Waals surface area contributed by atoms with Crippen LogP contribution < -0.4 is 4.74 Å². The second-order valence-corrected chi connectivity index (χ2v) is 5.14. The summed E-state index contributed by atoms with van der Waals surface area (Å²) >= 11 is 0. The third-order valence-electron chi connectivity index (χ3n) is 2.72. The Morgan fingerprint density at radius 3 is 2.35 bits per heavy atom. The maximum Gasteiger partial charge on any atom is 0.165 e. The van der Waals surface area contributed by atoms with Gasteiger partial charge in [0.25, 0.3) is 0 Å². The van der Waals surface area contributed by atoms with E-state index in [0.717, 1.165) is 17.7 Å². The molecule has 0 saturated carbocycles. The van der Waals surface area contributed by atoms with Gasteiger partial charge in [-0.05, 0) is 24.0 Å². The van der Waals surface area contributed by atoms with Gasteiger partial charge in [0.1, 0.15) is 5.75 Å². The predicted octanol–water partition coefficient (Wildman–Crippen LogP) is 3.73. The minimum Gasteiger partial charge on any atom is -0.496 e. The summed E-state index contributed by atoms with van der Waals surface area (Å²) in [5.41, 5.74) is 1.91. The smallest absolute Gasteiger partial charge is 0.165 e. The van der Waals surface area contributed by atoms with Crippen LogP contribution in [-0.2, 0) is 6.42 Å². The lowest BCUT2D eigenvalue weighted by atomic mass is 9.96. The lowest BCUT2D eigenvalue weighted by Gasteiger charge is -2.13. The number of carbonyl (C=O) groups excluding carboxylic acids is 1. The van der Waals surface area contributed by atoms with Crippen LogP contribution in [0.4, 0.5) is 0 Å². The first-order chi connectivity index (χ1) is 7.95. The van der Waals surface area contributed by atoms with Gasteiger partial charge >= 0.3 is 0 Å². The Kier molecular flexibility index (Phi) is 4.73. The number of hydrogen-bond acceptors (Lipinski definition) is 2. The second kappa shape index (κ2) is 5.85. The molecule has 0 aliphatic rings. The normalized spacial score (nSPS) is 11.0. The zero-order valence-electron chi connectivity index (χ0n) is 11.4. The summed E-state index contributed by atoms with van der Waals surface area (Å²) in [5, 5.41) is 0. The molecule has 94 valence electrons. The maximum atomic E-state index is 11.9. The SMILES string of the molecule is COc1cc(C(=O)C(C)C)ccc1CC(C)C. The van der Waals surface area contributed by atoms with E-state index < -0.39 is 0 Å². The van der Waals surface area contributed by atoms with E-state index in [4.69, 9.17) is 4.74 Å². The van der Waals surface area contributed by atoms with E-state index in [1.807, 2.05) is 32.0 Å². The molecular formula is C15H22O2. The summed E-state index contributed by atoms with van der Waals surface area (Å²) in [5.74, 6) is 1.59. The Bertz CT molecular complexity index is 392. The first-order valence-electron chi connectivity index (χ1n) is 6.16. The van der Waals surface area contributed by atoms with Gasteiger partial charge in [0, 0.05) is 11.5 Å². The Morgan fingerprint density at radius 2 is 1.88 bits per heavy atom. The van der Waals surface area contributed by atoms with Crippen molar-refractivity contribution in [2.45, 2.75) is 34.1 Å². The van der Waals surface area contributed by atoms with Crippen LogP contribution in [-0.4, -0.2) is 12.9 Å². The van der Waals surface area contributed by atoms with Crippen molar-refractivity contribution in [1.82, 2.24) is 0 Å². The average molecular weight is 234 g/mol. The molecule has 0 amide bonds. The van der Waals surface area contributed by atoms with Gasteiger partial charge in [-0.15, -0.1) is 0 Å². The molecular weight excluding hydrogens is 212 g/mol. The summed E-state index contributed by atoms with van der Waals surface area (Å²) in [4.78, 5) is 11.9. The van der Waals surface area contributed by atoms with Crippen molar-refractivity contribution in [3.8, 4) is 5.75 Å². The molecule has 0 bridgehead atoms. The molecule has 1 aromatic carbocycles. The molecule has 0 radical (unpaired) electrons. The summed E-state index contributed by atoms with van der Waals surface area (Å²) in [6, 6.07) is 5.77. The van der Waals surface area contributed by atoms with Crippen LogP contribution in [0.2, 0.25) is 0 Å². The summed E-state index contributed by atoms with van der Waals surface area (Å²) in [6.07, 6.45) is 0.972. The molecule has 0 spiro atoms. The number of hydrogen-bond donors (Lipinski definition) is 0. The zero-order chi connectivity index (χ0) is 13.0. The van der Waals surface area contributed by atoms with E-state index in [1.165, 1.54) is 5.56 Å². The highest BCUT2D eigenvalue weighted by Crippen LogP contribution is 2.24. The van der Waals surface area contributed by atoms with Gasteiger partial charge in [-0.1, -0.05) is 39.8 Å². The summed E-state index contributed by atoms with van der Waals surface area (Å²) in [7, 11) is 1.66. The van der Waals surface area contributed by atoms with Crippen LogP contribution in [0.1, 0.15) is 43.6 Å². The Morgan fingerprint density at radius 1 is 1.24 bits per heavy atom. The molecule has 2 heteroatoms. The number of ether oxygens (including phenoxy) is 1. The quantitative estimate of drug-likeness (QED) is 0.726. The highest BCUT2D eigenvalue weighted by molar-refractivity contribution is 5.97. The van der Waals surface area contributed by atoms with Crippen molar-refractivity contribution in [3.63, 3.8) is 0 Å². The van der Waals surface area contributed by atoms with Gasteiger partial charge in [0.2, 0.25) is 0 Å². The van der Waals surface area contributed by atoms with Crippen molar-refractivity contribution in [2.24, 2.45) is 11.8 Å². The second-order valence-electron chi connectivity index (χ2n) is 5.14. The third-order valence-corrected chi connectivity index (χ3v) is 2.72. The number of Topliss-reactive ketones (excluding diaryl/α,β-unsaturated/α-hetero) is 1. The molecule has 0 fully saturated rings. The van der Waals surface area contributed by atoms with Crippen molar-refractivity contribution >= 4 is 5.78 Å². The number of benzene rings is 1. The van der Waals surface area contributed by atoms with Crippen molar-refractivity contribution < 1.29 is 9.53 Å². The molecule has 0 aliphatic heterocycles. The molecule has 0 aliphatic carbocycles. The van der Waals surface area contributed by atoms with Crippen molar-refractivity contribution in [3.05, 3.63) is 29.3 Å². The van der Waals surface area contributed by atoms with E-state index in [0.29, 0.717) is 5.92 Å². The molecule has 0 atom stereocenters. The topological polar surface area (TPSA) is 26.3 Å². The minimum atomic E-state index is 0.0238. The van der Waals surface area contributed by atoms with Crippen LogP contribution in [0, 0.1) is 11.8 Å². The number of ketones is 1. The van der Waals surface area contributed by atoms with Gasteiger partial charge < -0.3 is 4.74 Å². The fraction of sp³-hybridized carbons (Fsp3) is 0.533. The van der Waals surface area contributed by atoms with Gasteiger partial charge in [-0.25, -0.2) is 0 Å². The lowest BCUT2D eigenvalue weighted by molar-refractivity contribution is 0.0939. The predicted molar refractivity (Wildman–Crippen MR) is 70.7 cm³/mol. The van der Waals surface area contributed by atoms with Gasteiger partial charge in [0.15, 0.2) is 5.78 Å². The monoisotopic (exact) mass is 234 g/mol. The van der Waals surface area contributed by atoms with E-state index in [-0.39, 0.29) is 11.7 Å². The maximum absolute atomic E-state index is 11.9. The molecule has 0 unspecified atom stereocenters. The Balaban J connectivity index is 3.04. The Hall–Kier alpha value is -1.31. The van der Waals surface area contributed by atoms with Crippen LogP contribution >= 0.6 is 0 Å². The van der Waals surface area contributed by atoms with Crippen LogP contribution in [0.3, 0.4) is 0 Å². The summed E-state index contributed by atoms with van der Waals surface area (Å²) < 4.78 is 5.36. The zero-order valence-corrected chi connectivity index (χ0v) is 11.4. The first kappa shape index (κ1) is 13.8. The third kappa shape index (κ3) is 3.58. The highest BCUT2D eigenvalue weighted by atomic mass is 16.5. The molecule has 0 N–H and O–H groups in total. The molecule has 0 heterocycles. The molecule has 0 aromatic heterocycles. The van der Waals surface area contributed by atoms with Gasteiger partial charge in [0.05, 0.1) is 7.11 Å². The summed E-state index contributed by atoms with van der Waals surface area (Å²) in [6.45, 7) is 8.17. The first-order valence-corrected chi connectivity index (χ1v) is 6.16. The van der Waals surface area contributed by atoms with E-state index in [1.54, 1.807) is 7.11 Å². The van der Waals surface area contributed by atoms with Crippen LogP contribution in [0.25, 0.3) is 0 Å². The molecule has 1 rings (SSSR count). The molecule has 17 heavy (non-hydrogen) atoms.